The summed E-state index contributed by atoms with van der Waals surface area (Å²) in [7, 11) is -5.34. The molecule has 0 amide bonds. The first-order valence-corrected chi connectivity index (χ1v) is 4.64. The van der Waals surface area contributed by atoms with Crippen LogP contribution in [0.5, 0.6) is 0 Å². The Balaban J connectivity index is 3.45. The summed E-state index contributed by atoms with van der Waals surface area (Å²) in [5.41, 5.74) is -2.23. The summed E-state index contributed by atoms with van der Waals surface area (Å²) in [4.78, 5) is -2.66. The number of hydrogen-bond donors (Lipinski definition) is 0. The molecule has 0 aromatic rings. The number of hydrogen-bond acceptors (Lipinski definition) is 3. The Kier molecular flexibility index (Phi) is 2.55. The minimum atomic E-state index is -5.61. The summed E-state index contributed by atoms with van der Waals surface area (Å²) in [6.07, 6.45) is -11.0. The van der Waals surface area contributed by atoms with Gasteiger partial charge in [0.25, 0.3) is 0 Å². The van der Waals surface area contributed by atoms with Crippen molar-refractivity contribution in [1.29, 1.82) is 0 Å². The van der Waals surface area contributed by atoms with E-state index in [-0.39, 0.29) is 0 Å². The fourth-order valence-electron chi connectivity index (χ4n) is 0.935. The molecule has 0 spiro atoms. The average molecular weight is 256 g/mol. The molecule has 0 aromatic carbocycles. The Hall–Kier alpha value is -0.770. The second-order valence-corrected chi connectivity index (χ2v) is 4.07. The van der Waals surface area contributed by atoms with Crippen molar-refractivity contribution in [3.63, 3.8) is 0 Å². The molecular weight excluding hydrogens is 254 g/mol. The Morgan fingerprint density at radius 1 is 1.00 bits per heavy atom. The van der Waals surface area contributed by atoms with Gasteiger partial charge in [0.1, 0.15) is 0 Å². The molecule has 0 aliphatic carbocycles. The van der Waals surface area contributed by atoms with Crippen molar-refractivity contribution in [3.05, 3.63) is 10.5 Å². The van der Waals surface area contributed by atoms with Gasteiger partial charge >= 0.3 is 22.5 Å². The lowest BCUT2D eigenvalue weighted by Crippen LogP contribution is -2.23. The first-order valence-electron chi connectivity index (χ1n) is 3.23. The van der Waals surface area contributed by atoms with E-state index in [1.807, 2.05) is 0 Å². The molecule has 0 radical (unpaired) electrons. The highest BCUT2D eigenvalue weighted by atomic mass is 32.2. The number of alkyl halides is 6. The van der Waals surface area contributed by atoms with Gasteiger partial charge in [0.15, 0.2) is 4.91 Å². The van der Waals surface area contributed by atoms with Gasteiger partial charge in [-0.15, -0.1) is 0 Å². The minimum Gasteiger partial charge on any atom is -0.261 e. The third kappa shape index (κ3) is 2.25. The van der Waals surface area contributed by atoms with E-state index >= 15 is 0 Å². The van der Waals surface area contributed by atoms with E-state index < -0.39 is 39.6 Å². The third-order valence-corrected chi connectivity index (χ3v) is 2.89. The van der Waals surface area contributed by atoms with E-state index in [0.717, 1.165) is 0 Å². The lowest BCUT2D eigenvalue weighted by molar-refractivity contribution is -0.111. The molecule has 88 valence electrons. The summed E-state index contributed by atoms with van der Waals surface area (Å²) in [5.74, 6) is 0. The molecule has 3 nitrogen and oxygen atoms in total. The van der Waals surface area contributed by atoms with E-state index in [0.29, 0.717) is 0 Å². The summed E-state index contributed by atoms with van der Waals surface area (Å²) >= 11 is 0. The first kappa shape index (κ1) is 12.3. The van der Waals surface area contributed by atoms with E-state index in [1.165, 1.54) is 0 Å². The molecule has 0 atom stereocenters. The zero-order valence-electron chi connectivity index (χ0n) is 6.61. The van der Waals surface area contributed by atoms with Crippen molar-refractivity contribution < 1.29 is 38.9 Å². The highest BCUT2D eigenvalue weighted by Crippen LogP contribution is 2.43. The second-order valence-electron chi connectivity index (χ2n) is 2.52. The average Bonchev–Trinajstić information content (AvgIpc) is 2.21. The van der Waals surface area contributed by atoms with Gasteiger partial charge in [-0.3, -0.25) is 4.18 Å². The predicted octanol–water partition coefficient (Wildman–Crippen LogP) is 1.73. The predicted molar refractivity (Wildman–Crippen MR) is 34.0 cm³/mol. The van der Waals surface area contributed by atoms with Gasteiger partial charge in [0.05, 0.1) is 12.2 Å². The van der Waals surface area contributed by atoms with Gasteiger partial charge in [0, 0.05) is 0 Å². The molecule has 0 unspecified atom stereocenters. The van der Waals surface area contributed by atoms with Crippen LogP contribution in [-0.4, -0.2) is 27.4 Å². The molecule has 10 heteroatoms. The summed E-state index contributed by atoms with van der Waals surface area (Å²) in [6, 6.07) is 0. The van der Waals surface area contributed by atoms with Crippen molar-refractivity contribution in [1.82, 2.24) is 0 Å². The molecule has 0 saturated heterocycles. The zero-order chi connectivity index (χ0) is 12.1. The number of halogens is 6. The standard InChI is InChI=1S/C5H2F6O3S/c6-4(7,8)2-1-14-15(12,13)3(2)5(9,10)11/h1H2. The van der Waals surface area contributed by atoms with Crippen LogP contribution in [0.25, 0.3) is 0 Å². The maximum atomic E-state index is 12.0. The van der Waals surface area contributed by atoms with Crippen LogP contribution in [-0.2, 0) is 14.3 Å². The number of rotatable bonds is 0. The Morgan fingerprint density at radius 3 is 1.73 bits per heavy atom. The molecule has 0 fully saturated rings. The highest BCUT2D eigenvalue weighted by molar-refractivity contribution is 7.91. The van der Waals surface area contributed by atoms with Gasteiger partial charge in [-0.05, 0) is 0 Å². The summed E-state index contributed by atoms with van der Waals surface area (Å²) in [5, 5.41) is 0. The quantitative estimate of drug-likeness (QED) is 0.489. The van der Waals surface area contributed by atoms with Crippen LogP contribution >= 0.6 is 0 Å². The lowest BCUT2D eigenvalue weighted by Gasteiger charge is -2.10. The maximum Gasteiger partial charge on any atom is 0.429 e. The molecule has 1 rings (SSSR count). The zero-order valence-corrected chi connectivity index (χ0v) is 7.42. The second kappa shape index (κ2) is 3.11. The molecule has 0 bridgehead atoms. The van der Waals surface area contributed by atoms with Crippen LogP contribution < -0.4 is 0 Å². The van der Waals surface area contributed by atoms with E-state index in [9.17, 15) is 34.8 Å². The lowest BCUT2D eigenvalue weighted by atomic mass is 10.2. The maximum absolute atomic E-state index is 12.0. The van der Waals surface area contributed by atoms with Gasteiger partial charge in [-0.2, -0.15) is 34.8 Å². The Morgan fingerprint density at radius 2 is 1.47 bits per heavy atom. The topological polar surface area (TPSA) is 43.4 Å². The van der Waals surface area contributed by atoms with Gasteiger partial charge in [-0.1, -0.05) is 0 Å². The van der Waals surface area contributed by atoms with Gasteiger partial charge in [0.2, 0.25) is 0 Å². The Bertz CT molecular complexity index is 399. The van der Waals surface area contributed by atoms with Crippen LogP contribution in [0.4, 0.5) is 26.3 Å². The highest BCUT2D eigenvalue weighted by Gasteiger charge is 2.55. The number of allylic oxidation sites excluding steroid dienone is 1. The first-order chi connectivity index (χ1) is 6.46. The minimum absolute atomic E-state index is 1.64. The van der Waals surface area contributed by atoms with E-state index in [1.54, 1.807) is 0 Å². The Labute approximate surface area is 79.4 Å². The summed E-state index contributed by atoms with van der Waals surface area (Å²) in [6.45, 7) is -1.64. The van der Waals surface area contributed by atoms with Crippen molar-refractivity contribution in [2.45, 2.75) is 12.4 Å². The SMILES string of the molecule is O=S1(=O)OCC(C(F)(F)F)=C1C(F)(F)F. The van der Waals surface area contributed by atoms with E-state index in [4.69, 9.17) is 0 Å². The van der Waals surface area contributed by atoms with Crippen LogP contribution in [0.3, 0.4) is 0 Å². The fourth-order valence-corrected chi connectivity index (χ4v) is 2.09. The van der Waals surface area contributed by atoms with Gasteiger partial charge < -0.3 is 0 Å². The van der Waals surface area contributed by atoms with Crippen LogP contribution in [0.15, 0.2) is 10.5 Å². The van der Waals surface area contributed by atoms with Gasteiger partial charge in [-0.25, -0.2) is 0 Å². The monoisotopic (exact) mass is 256 g/mol. The molecule has 1 heterocycles. The molecule has 0 saturated carbocycles. The molecule has 0 N–H and O–H groups in total. The smallest absolute Gasteiger partial charge is 0.261 e. The fraction of sp³-hybridized carbons (Fsp3) is 0.600. The molecule has 1 aliphatic rings. The van der Waals surface area contributed by atoms with E-state index in [2.05, 4.69) is 4.18 Å². The van der Waals surface area contributed by atoms with Crippen molar-refractivity contribution >= 4 is 10.1 Å². The van der Waals surface area contributed by atoms with Crippen LogP contribution in [0, 0.1) is 0 Å². The largest absolute Gasteiger partial charge is 0.429 e. The summed E-state index contributed by atoms with van der Waals surface area (Å²) < 4.78 is 96.6. The molecule has 1 aliphatic heterocycles. The molecule has 15 heavy (non-hydrogen) atoms. The normalized spacial score (nSPS) is 22.3. The van der Waals surface area contributed by atoms with Crippen LogP contribution in [0.1, 0.15) is 0 Å². The van der Waals surface area contributed by atoms with Crippen LogP contribution in [0.2, 0.25) is 0 Å². The van der Waals surface area contributed by atoms with Crippen molar-refractivity contribution in [3.8, 4) is 0 Å². The van der Waals surface area contributed by atoms with Crippen molar-refractivity contribution in [2.24, 2.45) is 0 Å². The molecule has 0 aromatic heterocycles. The molecular formula is C5H2F6O3S. The third-order valence-electron chi connectivity index (χ3n) is 1.48. The van der Waals surface area contributed by atoms with Crippen molar-refractivity contribution in [2.75, 3.05) is 6.61 Å².